The summed E-state index contributed by atoms with van der Waals surface area (Å²) in [6.07, 6.45) is 1.30. The Balaban J connectivity index is 4.01. The van der Waals surface area contributed by atoms with Crippen molar-refractivity contribution in [3.63, 3.8) is 0 Å². The summed E-state index contributed by atoms with van der Waals surface area (Å²) < 4.78 is 5.01. The monoisotopic (exact) mass is 231 g/mol. The van der Waals surface area contributed by atoms with E-state index in [0.29, 0.717) is 6.42 Å². The molecule has 0 saturated heterocycles. The van der Waals surface area contributed by atoms with Crippen molar-refractivity contribution >= 4 is 12.1 Å². The predicted molar refractivity (Wildman–Crippen MR) is 59.6 cm³/mol. The van der Waals surface area contributed by atoms with E-state index in [2.05, 4.69) is 0 Å². The van der Waals surface area contributed by atoms with Gasteiger partial charge in [0.1, 0.15) is 5.60 Å². The third-order valence-corrected chi connectivity index (χ3v) is 1.62. The lowest BCUT2D eigenvalue weighted by Gasteiger charge is -2.23. The smallest absolute Gasteiger partial charge is 0.442 e. The molecule has 0 aromatic carbocycles. The van der Waals surface area contributed by atoms with Crippen LogP contribution in [-0.4, -0.2) is 29.8 Å². The van der Waals surface area contributed by atoms with Crippen molar-refractivity contribution in [1.29, 1.82) is 0 Å². The summed E-state index contributed by atoms with van der Waals surface area (Å²) in [5.74, 6) is -0.421. The topological polar surface area (TPSA) is 55.8 Å². The number of unbranched alkanes of at least 4 members (excludes halogenated alkanes) is 1. The first-order valence-electron chi connectivity index (χ1n) is 5.43. The molecule has 0 aliphatic rings. The van der Waals surface area contributed by atoms with Gasteiger partial charge in [-0.1, -0.05) is 13.3 Å². The molecule has 0 bridgehead atoms. The average Bonchev–Trinajstić information content (AvgIpc) is 2.11. The number of amides is 1. The van der Waals surface area contributed by atoms with E-state index in [-0.39, 0.29) is 0 Å². The maximum atomic E-state index is 11.4. The maximum absolute atomic E-state index is 11.4. The minimum atomic E-state index is -0.669. The molecule has 0 heterocycles. The van der Waals surface area contributed by atoms with Crippen LogP contribution in [0.1, 0.15) is 47.0 Å². The first-order chi connectivity index (χ1) is 7.26. The molecule has 0 N–H and O–H groups in total. The van der Waals surface area contributed by atoms with E-state index in [1.54, 1.807) is 20.8 Å². The van der Waals surface area contributed by atoms with Crippen LogP contribution in [0.25, 0.3) is 0 Å². The Labute approximate surface area is 96.7 Å². The fourth-order valence-corrected chi connectivity index (χ4v) is 0.883. The van der Waals surface area contributed by atoms with Crippen LogP contribution >= 0.6 is 0 Å². The summed E-state index contributed by atoms with van der Waals surface area (Å²) in [4.78, 5) is 27.4. The number of ether oxygens (including phenoxy) is 1. The van der Waals surface area contributed by atoms with Crippen molar-refractivity contribution in [1.82, 2.24) is 5.06 Å². The van der Waals surface area contributed by atoms with Gasteiger partial charge in [-0.3, -0.25) is 0 Å². The quantitative estimate of drug-likeness (QED) is 0.700. The Hall–Kier alpha value is -1.26. The van der Waals surface area contributed by atoms with Crippen LogP contribution in [0.5, 0.6) is 0 Å². The van der Waals surface area contributed by atoms with Crippen LogP contribution in [0, 0.1) is 0 Å². The molecule has 0 aromatic heterocycles. The molecule has 0 aliphatic heterocycles. The van der Waals surface area contributed by atoms with E-state index < -0.39 is 17.7 Å². The van der Waals surface area contributed by atoms with Crippen LogP contribution in [0.3, 0.4) is 0 Å². The fraction of sp³-hybridized carbons (Fsp3) is 0.818. The molecule has 0 atom stereocenters. The molecule has 0 spiro atoms. The van der Waals surface area contributed by atoms with Gasteiger partial charge in [-0.15, -0.1) is 5.06 Å². The summed E-state index contributed by atoms with van der Waals surface area (Å²) in [5, 5.41) is 0.823. The molecule has 0 rings (SSSR count). The minimum Gasteiger partial charge on any atom is -0.442 e. The zero-order chi connectivity index (χ0) is 12.8. The average molecular weight is 231 g/mol. The molecular weight excluding hydrogens is 210 g/mol. The molecule has 5 nitrogen and oxygen atoms in total. The predicted octanol–water partition coefficient (Wildman–Crippen LogP) is 2.50. The lowest BCUT2D eigenvalue weighted by Crippen LogP contribution is -2.35. The summed E-state index contributed by atoms with van der Waals surface area (Å²) in [6, 6.07) is 0. The van der Waals surface area contributed by atoms with Crippen LogP contribution in [0.15, 0.2) is 0 Å². The van der Waals surface area contributed by atoms with Crippen LogP contribution in [-0.2, 0) is 14.4 Å². The van der Waals surface area contributed by atoms with E-state index in [9.17, 15) is 9.59 Å². The lowest BCUT2D eigenvalue weighted by molar-refractivity contribution is -0.179. The summed E-state index contributed by atoms with van der Waals surface area (Å²) in [5.41, 5.74) is -0.596. The van der Waals surface area contributed by atoms with Gasteiger partial charge in [0.2, 0.25) is 0 Å². The number of carbonyl (C=O) groups excluding carboxylic acids is 2. The van der Waals surface area contributed by atoms with Gasteiger partial charge in [0.25, 0.3) is 0 Å². The molecule has 94 valence electrons. The van der Waals surface area contributed by atoms with Crippen molar-refractivity contribution < 1.29 is 19.2 Å². The molecular formula is C11H21NO4. The van der Waals surface area contributed by atoms with Crippen LogP contribution in [0.2, 0.25) is 0 Å². The fourth-order valence-electron chi connectivity index (χ4n) is 0.883. The third kappa shape index (κ3) is 7.09. The Morgan fingerprint density at radius 3 is 2.25 bits per heavy atom. The molecule has 0 aromatic rings. The van der Waals surface area contributed by atoms with Gasteiger partial charge in [-0.05, 0) is 27.2 Å². The molecule has 0 aliphatic carbocycles. The van der Waals surface area contributed by atoms with Gasteiger partial charge >= 0.3 is 12.1 Å². The van der Waals surface area contributed by atoms with Gasteiger partial charge < -0.3 is 9.57 Å². The highest BCUT2D eigenvalue weighted by atomic mass is 16.8. The highest BCUT2D eigenvalue weighted by Gasteiger charge is 2.21. The Morgan fingerprint density at radius 1 is 1.25 bits per heavy atom. The highest BCUT2D eigenvalue weighted by molar-refractivity contribution is 5.73. The zero-order valence-electron chi connectivity index (χ0n) is 10.7. The molecule has 0 radical (unpaired) electrons. The molecule has 0 unspecified atom stereocenters. The number of nitrogens with zero attached hydrogens (tertiary/aromatic N) is 1. The van der Waals surface area contributed by atoms with Crippen LogP contribution in [0.4, 0.5) is 4.79 Å². The van der Waals surface area contributed by atoms with Gasteiger partial charge in [0.05, 0.1) is 7.05 Å². The standard InChI is InChI=1S/C11H21NO4/c1-6-7-8-9(13)16-12(5)10(14)15-11(2,3)4/h6-8H2,1-5H3. The molecule has 0 fully saturated rings. The number of hydroxylamine groups is 2. The zero-order valence-corrected chi connectivity index (χ0v) is 10.7. The minimum absolute atomic E-state index is 0.309. The van der Waals surface area contributed by atoms with Crippen LogP contribution < -0.4 is 0 Å². The summed E-state index contributed by atoms with van der Waals surface area (Å²) >= 11 is 0. The highest BCUT2D eigenvalue weighted by Crippen LogP contribution is 2.09. The summed E-state index contributed by atoms with van der Waals surface area (Å²) in [6.45, 7) is 7.22. The van der Waals surface area contributed by atoms with Gasteiger partial charge in [0.15, 0.2) is 0 Å². The molecule has 5 heteroatoms. The molecule has 0 saturated carbocycles. The molecule has 1 amide bonds. The number of hydrogen-bond donors (Lipinski definition) is 0. The van der Waals surface area contributed by atoms with Crippen molar-refractivity contribution in [2.24, 2.45) is 0 Å². The Bertz CT molecular complexity index is 245. The van der Waals surface area contributed by atoms with E-state index in [4.69, 9.17) is 9.57 Å². The van der Waals surface area contributed by atoms with E-state index in [1.807, 2.05) is 6.92 Å². The van der Waals surface area contributed by atoms with Crippen molar-refractivity contribution in [3.05, 3.63) is 0 Å². The lowest BCUT2D eigenvalue weighted by atomic mass is 10.2. The second-order valence-corrected chi connectivity index (χ2v) is 4.54. The van der Waals surface area contributed by atoms with Gasteiger partial charge in [-0.2, -0.15) is 0 Å². The largest absolute Gasteiger partial charge is 0.443 e. The number of hydrogen-bond acceptors (Lipinski definition) is 4. The number of carbonyl (C=O) groups is 2. The van der Waals surface area contributed by atoms with Gasteiger partial charge in [-0.25, -0.2) is 9.59 Å². The van der Waals surface area contributed by atoms with Crippen molar-refractivity contribution in [2.45, 2.75) is 52.6 Å². The normalized spacial score (nSPS) is 10.8. The second-order valence-electron chi connectivity index (χ2n) is 4.54. The molecule has 16 heavy (non-hydrogen) atoms. The second kappa shape index (κ2) is 6.35. The van der Waals surface area contributed by atoms with E-state index in [0.717, 1.165) is 17.9 Å². The Kier molecular flexibility index (Phi) is 5.85. The summed E-state index contributed by atoms with van der Waals surface area (Å²) in [7, 11) is 1.36. The Morgan fingerprint density at radius 2 is 1.81 bits per heavy atom. The maximum Gasteiger partial charge on any atom is 0.443 e. The SMILES string of the molecule is CCCCC(=O)ON(C)C(=O)OC(C)(C)C. The van der Waals surface area contributed by atoms with Gasteiger partial charge in [0, 0.05) is 6.42 Å². The first kappa shape index (κ1) is 14.7. The number of rotatable bonds is 3. The van der Waals surface area contributed by atoms with Crippen molar-refractivity contribution in [2.75, 3.05) is 7.05 Å². The van der Waals surface area contributed by atoms with E-state index in [1.165, 1.54) is 7.05 Å². The first-order valence-corrected chi connectivity index (χ1v) is 5.43. The van der Waals surface area contributed by atoms with E-state index >= 15 is 0 Å². The van der Waals surface area contributed by atoms with Crippen molar-refractivity contribution in [3.8, 4) is 0 Å². The third-order valence-electron chi connectivity index (χ3n) is 1.62.